The lowest BCUT2D eigenvalue weighted by Crippen LogP contribution is -2.10. The largest absolute Gasteiger partial charge is 0.328 e. The predicted molar refractivity (Wildman–Crippen MR) is 80.3 cm³/mol. The van der Waals surface area contributed by atoms with Gasteiger partial charge in [0, 0.05) is 11.9 Å². The van der Waals surface area contributed by atoms with Crippen molar-refractivity contribution in [1.29, 1.82) is 0 Å². The molecule has 2 heterocycles. The van der Waals surface area contributed by atoms with Gasteiger partial charge in [0.25, 0.3) is 0 Å². The quantitative estimate of drug-likeness (QED) is 0.691. The summed E-state index contributed by atoms with van der Waals surface area (Å²) in [6.45, 7) is 4.77. The van der Waals surface area contributed by atoms with Gasteiger partial charge in [0.1, 0.15) is 11.5 Å². The van der Waals surface area contributed by atoms with Crippen LogP contribution in [0.5, 0.6) is 0 Å². The normalized spacial score (nSPS) is 11.1. The second-order valence-corrected chi connectivity index (χ2v) is 5.67. The highest BCUT2D eigenvalue weighted by Gasteiger charge is 2.16. The molecule has 4 nitrogen and oxygen atoms in total. The van der Waals surface area contributed by atoms with Gasteiger partial charge in [0.2, 0.25) is 0 Å². The van der Waals surface area contributed by atoms with Crippen LogP contribution in [0.25, 0.3) is 11.0 Å². The number of thiazole rings is 1. The molecule has 0 aliphatic rings. The fourth-order valence-corrected chi connectivity index (χ4v) is 2.96. The van der Waals surface area contributed by atoms with Gasteiger partial charge < -0.3 is 4.57 Å². The molecular formula is C15H15N3OS. The number of ketones is 1. The van der Waals surface area contributed by atoms with Crippen LogP contribution < -0.4 is 0 Å². The van der Waals surface area contributed by atoms with Crippen LogP contribution in [0, 0.1) is 6.92 Å². The van der Waals surface area contributed by atoms with E-state index in [9.17, 15) is 4.79 Å². The van der Waals surface area contributed by atoms with E-state index < -0.39 is 0 Å². The molecule has 0 aliphatic heterocycles. The third-order valence-electron chi connectivity index (χ3n) is 3.27. The van der Waals surface area contributed by atoms with Crippen molar-refractivity contribution >= 4 is 28.2 Å². The minimum absolute atomic E-state index is 0.0272. The van der Waals surface area contributed by atoms with Crippen LogP contribution in [0.3, 0.4) is 0 Å². The summed E-state index contributed by atoms with van der Waals surface area (Å²) in [5.74, 6) is 0.837. The number of hydrogen-bond acceptors (Lipinski definition) is 4. The molecule has 0 spiro atoms. The van der Waals surface area contributed by atoms with E-state index in [1.165, 1.54) is 11.3 Å². The van der Waals surface area contributed by atoms with E-state index in [4.69, 9.17) is 0 Å². The minimum Gasteiger partial charge on any atom is -0.328 e. The van der Waals surface area contributed by atoms with Crippen LogP contribution in [-0.2, 0) is 13.0 Å². The molecule has 0 saturated heterocycles. The SMILES string of the molecule is CCn1c(CC(=O)c2csc(C)n2)nc2ccccc21. The molecule has 0 fully saturated rings. The molecule has 0 amide bonds. The van der Waals surface area contributed by atoms with Crippen LogP contribution in [0.4, 0.5) is 0 Å². The number of rotatable bonds is 4. The van der Waals surface area contributed by atoms with E-state index in [0.29, 0.717) is 12.1 Å². The van der Waals surface area contributed by atoms with Crippen molar-refractivity contribution in [3.63, 3.8) is 0 Å². The Morgan fingerprint density at radius 2 is 2.10 bits per heavy atom. The smallest absolute Gasteiger partial charge is 0.189 e. The minimum atomic E-state index is 0.0272. The first kappa shape index (κ1) is 13.0. The van der Waals surface area contributed by atoms with E-state index in [0.717, 1.165) is 28.4 Å². The molecule has 20 heavy (non-hydrogen) atoms. The average molecular weight is 285 g/mol. The molecule has 1 aromatic carbocycles. The summed E-state index contributed by atoms with van der Waals surface area (Å²) in [6, 6.07) is 7.96. The molecule has 0 aliphatic carbocycles. The van der Waals surface area contributed by atoms with Crippen LogP contribution >= 0.6 is 11.3 Å². The first-order valence-electron chi connectivity index (χ1n) is 6.58. The zero-order chi connectivity index (χ0) is 14.1. The molecule has 0 N–H and O–H groups in total. The number of carbonyl (C=O) groups excluding carboxylic acids is 1. The average Bonchev–Trinajstić information content (AvgIpc) is 3.01. The van der Waals surface area contributed by atoms with Crippen molar-refractivity contribution in [2.24, 2.45) is 0 Å². The Hall–Kier alpha value is -2.01. The van der Waals surface area contributed by atoms with Gasteiger partial charge >= 0.3 is 0 Å². The van der Waals surface area contributed by atoms with Crippen molar-refractivity contribution in [3.8, 4) is 0 Å². The predicted octanol–water partition coefficient (Wildman–Crippen LogP) is 3.25. The molecule has 0 saturated carbocycles. The van der Waals surface area contributed by atoms with E-state index in [2.05, 4.69) is 21.5 Å². The number of Topliss-reactive ketones (excluding diaryl/α,β-unsaturated/α-hetero) is 1. The van der Waals surface area contributed by atoms with Gasteiger partial charge in [-0.05, 0) is 26.0 Å². The van der Waals surface area contributed by atoms with Gasteiger partial charge in [0.15, 0.2) is 5.78 Å². The fourth-order valence-electron chi connectivity index (χ4n) is 2.34. The summed E-state index contributed by atoms with van der Waals surface area (Å²) in [6.07, 6.45) is 0.297. The number of aryl methyl sites for hydroxylation is 2. The highest BCUT2D eigenvalue weighted by molar-refractivity contribution is 7.09. The lowest BCUT2D eigenvalue weighted by Gasteiger charge is -2.04. The Kier molecular flexibility index (Phi) is 3.36. The van der Waals surface area contributed by atoms with E-state index >= 15 is 0 Å². The maximum atomic E-state index is 12.3. The highest BCUT2D eigenvalue weighted by Crippen LogP contribution is 2.18. The van der Waals surface area contributed by atoms with Crippen LogP contribution in [0.2, 0.25) is 0 Å². The second-order valence-electron chi connectivity index (χ2n) is 4.61. The van der Waals surface area contributed by atoms with Gasteiger partial charge in [-0.2, -0.15) is 0 Å². The number of aromatic nitrogens is 3. The maximum Gasteiger partial charge on any atom is 0.189 e. The van der Waals surface area contributed by atoms with Crippen molar-refractivity contribution < 1.29 is 4.79 Å². The molecule has 0 unspecified atom stereocenters. The Bertz CT molecular complexity index is 772. The number of carbonyl (C=O) groups is 1. The van der Waals surface area contributed by atoms with Gasteiger partial charge in [-0.25, -0.2) is 9.97 Å². The number of para-hydroxylation sites is 2. The summed E-state index contributed by atoms with van der Waals surface area (Å²) < 4.78 is 2.09. The zero-order valence-corrected chi connectivity index (χ0v) is 12.3. The summed E-state index contributed by atoms with van der Waals surface area (Å²) in [7, 11) is 0. The highest BCUT2D eigenvalue weighted by atomic mass is 32.1. The number of fused-ring (bicyclic) bond motifs is 1. The van der Waals surface area contributed by atoms with E-state index in [1.807, 2.05) is 36.6 Å². The Balaban J connectivity index is 1.96. The fraction of sp³-hybridized carbons (Fsp3) is 0.267. The van der Waals surface area contributed by atoms with Crippen molar-refractivity contribution in [1.82, 2.24) is 14.5 Å². The first-order chi connectivity index (χ1) is 9.69. The standard InChI is InChI=1S/C15H15N3OS/c1-3-18-13-7-5-4-6-11(13)17-15(18)8-14(19)12-9-20-10(2)16-12/h4-7,9H,3,8H2,1-2H3. The summed E-state index contributed by atoms with van der Waals surface area (Å²) in [5, 5.41) is 2.73. The molecule has 0 atom stereocenters. The first-order valence-corrected chi connectivity index (χ1v) is 7.46. The summed E-state index contributed by atoms with van der Waals surface area (Å²) in [5.41, 5.74) is 2.56. The molecule has 3 rings (SSSR count). The lowest BCUT2D eigenvalue weighted by molar-refractivity contribution is 0.0985. The number of nitrogens with zero attached hydrogens (tertiary/aromatic N) is 3. The molecule has 102 valence electrons. The molecular weight excluding hydrogens is 270 g/mol. The van der Waals surface area contributed by atoms with E-state index in [-0.39, 0.29) is 5.78 Å². The van der Waals surface area contributed by atoms with Gasteiger partial charge in [-0.3, -0.25) is 4.79 Å². The van der Waals surface area contributed by atoms with Crippen molar-refractivity contribution in [2.75, 3.05) is 0 Å². The van der Waals surface area contributed by atoms with E-state index in [1.54, 1.807) is 0 Å². The Labute approximate surface area is 121 Å². The topological polar surface area (TPSA) is 47.8 Å². The van der Waals surface area contributed by atoms with Gasteiger partial charge in [-0.1, -0.05) is 12.1 Å². The monoisotopic (exact) mass is 285 g/mol. The van der Waals surface area contributed by atoms with Crippen LogP contribution in [-0.4, -0.2) is 20.3 Å². The molecule has 0 bridgehead atoms. The molecule has 5 heteroatoms. The third kappa shape index (κ3) is 2.25. The zero-order valence-electron chi connectivity index (χ0n) is 11.5. The Morgan fingerprint density at radius 3 is 2.80 bits per heavy atom. The number of imidazole rings is 1. The molecule has 2 aromatic heterocycles. The second kappa shape index (κ2) is 5.17. The Morgan fingerprint density at radius 1 is 1.30 bits per heavy atom. The molecule has 0 radical (unpaired) electrons. The summed E-state index contributed by atoms with van der Waals surface area (Å²) in [4.78, 5) is 21.1. The molecule has 3 aromatic rings. The number of hydrogen-bond donors (Lipinski definition) is 0. The lowest BCUT2D eigenvalue weighted by atomic mass is 10.2. The van der Waals surface area contributed by atoms with Crippen LogP contribution in [0.15, 0.2) is 29.6 Å². The number of benzene rings is 1. The summed E-state index contributed by atoms with van der Waals surface area (Å²) >= 11 is 1.50. The van der Waals surface area contributed by atoms with Crippen LogP contribution in [0.1, 0.15) is 28.2 Å². The van der Waals surface area contributed by atoms with Gasteiger partial charge in [-0.15, -0.1) is 11.3 Å². The third-order valence-corrected chi connectivity index (χ3v) is 4.05. The maximum absolute atomic E-state index is 12.3. The van der Waals surface area contributed by atoms with Crippen molar-refractivity contribution in [3.05, 3.63) is 46.2 Å². The van der Waals surface area contributed by atoms with Gasteiger partial charge in [0.05, 0.1) is 22.5 Å². The van der Waals surface area contributed by atoms with Crippen molar-refractivity contribution in [2.45, 2.75) is 26.8 Å².